The van der Waals surface area contributed by atoms with Gasteiger partial charge in [-0.2, -0.15) is 0 Å². The van der Waals surface area contributed by atoms with Crippen LogP contribution in [0.25, 0.3) is 70.9 Å². The number of rotatable bonds is 1. The molecule has 1 aromatic heterocycles. The van der Waals surface area contributed by atoms with Gasteiger partial charge in [0, 0.05) is 27.3 Å². The lowest BCUT2D eigenvalue weighted by atomic mass is 9.81. The molecule has 1 aliphatic carbocycles. The van der Waals surface area contributed by atoms with E-state index in [1.807, 2.05) is 6.07 Å². The zero-order chi connectivity index (χ0) is 26.6. The highest BCUT2D eigenvalue weighted by atomic mass is 15.0. The van der Waals surface area contributed by atoms with Gasteiger partial charge >= 0.3 is 0 Å². The van der Waals surface area contributed by atoms with Crippen LogP contribution in [0.4, 0.5) is 0 Å². The number of hydrogen-bond donors (Lipinski definition) is 0. The molecule has 9 rings (SSSR count). The van der Waals surface area contributed by atoms with Gasteiger partial charge in [-0.15, -0.1) is 0 Å². The van der Waals surface area contributed by atoms with Gasteiger partial charge < -0.3 is 4.57 Å². The maximum absolute atomic E-state index is 3.46. The monoisotopic (exact) mass is 507 g/mol. The molecule has 0 saturated heterocycles. The largest absolute Gasteiger partial charge is 0.309 e. The number of nitrogens with zero attached hydrogens (tertiary/aromatic N) is 1. The van der Waals surface area contributed by atoms with E-state index in [1.54, 1.807) is 0 Å². The topological polar surface area (TPSA) is 4.93 Å². The van der Waals surface area contributed by atoms with Crippen LogP contribution in [0.15, 0.2) is 115 Å². The molecule has 1 heterocycles. The van der Waals surface area contributed by atoms with Gasteiger partial charge in [0.2, 0.25) is 0 Å². The molecule has 40 heavy (non-hydrogen) atoms. The van der Waals surface area contributed by atoms with E-state index in [0.29, 0.717) is 0 Å². The summed E-state index contributed by atoms with van der Waals surface area (Å²) in [5.41, 5.74) is 9.00. The standard InChI is InChI=1S/C39H25N/c1-39(2)35-20-19-24(40-37-17-9-7-15-29(37)30-16-8-10-18-38(30)40)21-33(35)34-22-31-27-13-5-3-11-25(27)26-12-4-6-14-28(26)32(31)23-36(34)39/h3-5,7-13,15-23H,1-2H3. The van der Waals surface area contributed by atoms with Crippen molar-refractivity contribution in [2.24, 2.45) is 0 Å². The van der Waals surface area contributed by atoms with Crippen LogP contribution in [0.2, 0.25) is 0 Å². The Bertz CT molecular complexity index is 2300. The first-order chi connectivity index (χ1) is 19.6. The molecule has 0 spiro atoms. The normalized spacial score (nSPS) is 13.8. The lowest BCUT2D eigenvalue weighted by Gasteiger charge is -2.22. The van der Waals surface area contributed by atoms with Crippen molar-refractivity contribution in [1.82, 2.24) is 4.57 Å². The summed E-state index contributed by atoms with van der Waals surface area (Å²) in [6.07, 6.45) is 0. The first-order valence-corrected chi connectivity index (χ1v) is 14.0. The average Bonchev–Trinajstić information content (AvgIpc) is 3.45. The first-order valence-electron chi connectivity index (χ1n) is 14.0. The summed E-state index contributed by atoms with van der Waals surface area (Å²) in [7, 11) is 0. The third-order valence-corrected chi connectivity index (χ3v) is 9.21. The van der Waals surface area contributed by atoms with Crippen LogP contribution in [0.5, 0.6) is 0 Å². The van der Waals surface area contributed by atoms with Crippen LogP contribution >= 0.6 is 0 Å². The molecule has 7 aromatic carbocycles. The summed E-state index contributed by atoms with van der Waals surface area (Å²) >= 11 is 0. The molecule has 0 amide bonds. The molecular weight excluding hydrogens is 482 g/mol. The Balaban J connectivity index is 1.38. The third kappa shape index (κ3) is 2.68. The molecule has 0 radical (unpaired) electrons. The summed E-state index contributed by atoms with van der Waals surface area (Å²) < 4.78 is 2.42. The van der Waals surface area contributed by atoms with Crippen molar-refractivity contribution >= 4 is 54.1 Å². The maximum Gasteiger partial charge on any atom is 0.0541 e. The molecule has 0 N–H and O–H groups in total. The highest BCUT2D eigenvalue weighted by Crippen LogP contribution is 2.52. The SMILES string of the molecule is CC1(C)c2ccc(-n3c4ccccc4c4ccccc43)cc2-c2cc3c(cc21)c1c#cccc1c1ccccc13. The molecule has 8 aromatic rings. The van der Waals surface area contributed by atoms with Gasteiger partial charge in [0.25, 0.3) is 0 Å². The molecule has 0 atom stereocenters. The van der Waals surface area contributed by atoms with Crippen LogP contribution in [-0.4, -0.2) is 4.57 Å². The second-order valence-electron chi connectivity index (χ2n) is 11.6. The van der Waals surface area contributed by atoms with Crippen molar-refractivity contribution in [3.8, 4) is 16.8 Å². The Morgan fingerprint density at radius 1 is 0.525 bits per heavy atom. The van der Waals surface area contributed by atoms with E-state index >= 15 is 0 Å². The van der Waals surface area contributed by atoms with Crippen LogP contribution in [0.1, 0.15) is 25.0 Å². The van der Waals surface area contributed by atoms with E-state index in [4.69, 9.17) is 0 Å². The van der Waals surface area contributed by atoms with Gasteiger partial charge in [0.1, 0.15) is 0 Å². The van der Waals surface area contributed by atoms with E-state index < -0.39 is 0 Å². The predicted octanol–water partition coefficient (Wildman–Crippen LogP) is 10.1. The molecule has 1 nitrogen and oxygen atoms in total. The van der Waals surface area contributed by atoms with Crippen molar-refractivity contribution in [1.29, 1.82) is 0 Å². The Morgan fingerprint density at radius 3 is 1.88 bits per heavy atom. The molecule has 0 aliphatic heterocycles. The Hall–Kier alpha value is -5.06. The Kier molecular flexibility index (Phi) is 4.11. The molecule has 0 saturated carbocycles. The van der Waals surface area contributed by atoms with Gasteiger partial charge in [0.05, 0.1) is 11.0 Å². The molecular formula is C39H25N. The maximum atomic E-state index is 3.46. The van der Waals surface area contributed by atoms with Crippen molar-refractivity contribution in [2.45, 2.75) is 19.3 Å². The number of fused-ring (bicyclic) bond motifs is 12. The third-order valence-electron chi connectivity index (χ3n) is 9.21. The summed E-state index contributed by atoms with van der Waals surface area (Å²) in [6.45, 7) is 4.73. The van der Waals surface area contributed by atoms with Crippen molar-refractivity contribution in [2.75, 3.05) is 0 Å². The van der Waals surface area contributed by atoms with Gasteiger partial charge in [-0.1, -0.05) is 92.7 Å². The van der Waals surface area contributed by atoms with Crippen LogP contribution in [-0.2, 0) is 5.41 Å². The summed E-state index contributed by atoms with van der Waals surface area (Å²) in [4.78, 5) is 0. The highest BCUT2D eigenvalue weighted by molar-refractivity contribution is 6.25. The quantitative estimate of drug-likeness (QED) is 0.195. The molecule has 186 valence electrons. The minimum atomic E-state index is -0.103. The lowest BCUT2D eigenvalue weighted by Crippen LogP contribution is -2.15. The van der Waals surface area contributed by atoms with Gasteiger partial charge in [-0.3, -0.25) is 0 Å². The van der Waals surface area contributed by atoms with Crippen molar-refractivity contribution < 1.29 is 0 Å². The zero-order valence-electron chi connectivity index (χ0n) is 22.4. The van der Waals surface area contributed by atoms with E-state index in [0.717, 1.165) is 5.39 Å². The fourth-order valence-electron chi connectivity index (χ4n) is 7.33. The predicted molar refractivity (Wildman–Crippen MR) is 169 cm³/mol. The highest BCUT2D eigenvalue weighted by Gasteiger charge is 2.36. The molecule has 0 bridgehead atoms. The number of hydrogen-bond acceptors (Lipinski definition) is 0. The molecule has 1 heteroatoms. The van der Waals surface area contributed by atoms with Crippen molar-refractivity contribution in [3.63, 3.8) is 0 Å². The van der Waals surface area contributed by atoms with Crippen LogP contribution < -0.4 is 0 Å². The average molecular weight is 508 g/mol. The fourth-order valence-corrected chi connectivity index (χ4v) is 7.33. The molecule has 0 unspecified atom stereocenters. The summed E-state index contributed by atoms with van der Waals surface area (Å²) in [5.74, 6) is 0. The van der Waals surface area contributed by atoms with Gasteiger partial charge in [-0.25, -0.2) is 0 Å². The van der Waals surface area contributed by atoms with E-state index in [1.165, 1.54) is 76.7 Å². The van der Waals surface area contributed by atoms with E-state index in [9.17, 15) is 0 Å². The Morgan fingerprint density at radius 2 is 1.15 bits per heavy atom. The number of benzene rings is 6. The van der Waals surface area contributed by atoms with E-state index in [-0.39, 0.29) is 5.41 Å². The zero-order valence-corrected chi connectivity index (χ0v) is 22.4. The lowest BCUT2D eigenvalue weighted by molar-refractivity contribution is 0.661. The second kappa shape index (κ2) is 7.53. The molecule has 1 aliphatic rings. The minimum absolute atomic E-state index is 0.103. The summed E-state index contributed by atoms with van der Waals surface area (Å²) in [6, 6.07) is 49.0. The minimum Gasteiger partial charge on any atom is -0.309 e. The van der Waals surface area contributed by atoms with E-state index in [2.05, 4.69) is 140 Å². The molecule has 0 fully saturated rings. The first kappa shape index (κ1) is 21.8. The van der Waals surface area contributed by atoms with Crippen molar-refractivity contribution in [3.05, 3.63) is 139 Å². The number of para-hydroxylation sites is 2. The second-order valence-corrected chi connectivity index (χ2v) is 11.6. The van der Waals surface area contributed by atoms with Crippen LogP contribution in [0, 0.1) is 12.1 Å². The van der Waals surface area contributed by atoms with Gasteiger partial charge in [-0.05, 0) is 97.7 Å². The Labute approximate surface area is 232 Å². The smallest absolute Gasteiger partial charge is 0.0541 e. The summed E-state index contributed by atoms with van der Waals surface area (Å²) in [5, 5.41) is 10.1. The fraction of sp³-hybridized carbons (Fsp3) is 0.0769. The van der Waals surface area contributed by atoms with Gasteiger partial charge in [0.15, 0.2) is 0 Å². The number of aromatic nitrogens is 1. The van der Waals surface area contributed by atoms with Crippen LogP contribution in [0.3, 0.4) is 0 Å².